The van der Waals surface area contributed by atoms with Crippen LogP contribution in [0.2, 0.25) is 0 Å². The van der Waals surface area contributed by atoms with E-state index in [-0.39, 0.29) is 12.2 Å². The van der Waals surface area contributed by atoms with Gasteiger partial charge in [-0.2, -0.15) is 0 Å². The van der Waals surface area contributed by atoms with E-state index >= 15 is 0 Å². The maximum Gasteiger partial charge on any atom is 0.0579 e. The predicted octanol–water partition coefficient (Wildman–Crippen LogP) is 5.00. The molecule has 5 fully saturated rings. The number of nitrogens with one attached hydrogen (secondary N) is 1. The molecule has 172 valence electrons. The Labute approximate surface area is 184 Å². The van der Waals surface area contributed by atoms with E-state index in [4.69, 9.17) is 0 Å². The minimum atomic E-state index is -0.117. The Morgan fingerprint density at radius 1 is 0.867 bits per heavy atom. The van der Waals surface area contributed by atoms with Crippen molar-refractivity contribution in [3.63, 3.8) is 0 Å². The molecule has 1 saturated heterocycles. The number of rotatable bonds is 2. The number of aliphatic hydroxyl groups excluding tert-OH is 2. The highest BCUT2D eigenvalue weighted by Crippen LogP contribution is 2.68. The van der Waals surface area contributed by atoms with Crippen molar-refractivity contribution in [2.45, 2.75) is 110 Å². The molecule has 3 nitrogen and oxygen atoms in total. The zero-order valence-corrected chi connectivity index (χ0v) is 19.9. The van der Waals surface area contributed by atoms with Crippen LogP contribution in [0.5, 0.6) is 0 Å². The highest BCUT2D eigenvalue weighted by atomic mass is 16.3. The molecule has 5 rings (SSSR count). The third-order valence-corrected chi connectivity index (χ3v) is 11.6. The van der Waals surface area contributed by atoms with Crippen molar-refractivity contribution in [3.05, 3.63) is 0 Å². The van der Waals surface area contributed by atoms with Gasteiger partial charge in [-0.3, -0.25) is 0 Å². The molecule has 1 heterocycles. The monoisotopic (exact) mass is 417 g/mol. The van der Waals surface area contributed by atoms with Gasteiger partial charge in [0.05, 0.1) is 12.2 Å². The van der Waals surface area contributed by atoms with Crippen LogP contribution in [0.3, 0.4) is 0 Å². The fourth-order valence-corrected chi connectivity index (χ4v) is 9.96. The second kappa shape index (κ2) is 7.73. The molecule has 1 aliphatic heterocycles. The van der Waals surface area contributed by atoms with E-state index in [9.17, 15) is 10.2 Å². The van der Waals surface area contributed by atoms with Crippen molar-refractivity contribution >= 4 is 0 Å². The first-order valence-electron chi connectivity index (χ1n) is 13.3. The summed E-state index contributed by atoms with van der Waals surface area (Å²) in [5.41, 5.74) is 0.737. The topological polar surface area (TPSA) is 52.5 Å². The van der Waals surface area contributed by atoms with Crippen LogP contribution < -0.4 is 5.32 Å². The molecular formula is C27H47NO2. The van der Waals surface area contributed by atoms with Crippen LogP contribution in [-0.4, -0.2) is 35.0 Å². The number of piperidine rings is 1. The first kappa shape index (κ1) is 21.7. The van der Waals surface area contributed by atoms with Gasteiger partial charge in [0.15, 0.2) is 0 Å². The maximum atomic E-state index is 11.4. The molecule has 3 N–H and O–H groups in total. The average molecular weight is 418 g/mol. The van der Waals surface area contributed by atoms with E-state index in [0.717, 1.165) is 49.5 Å². The quantitative estimate of drug-likeness (QED) is 0.592. The lowest BCUT2D eigenvalue weighted by molar-refractivity contribution is -0.130. The van der Waals surface area contributed by atoms with Gasteiger partial charge in [0.1, 0.15) is 0 Å². The highest BCUT2D eigenvalue weighted by molar-refractivity contribution is 5.12. The van der Waals surface area contributed by atoms with Gasteiger partial charge in [-0.1, -0.05) is 27.7 Å². The summed E-state index contributed by atoms with van der Waals surface area (Å²) in [6.45, 7) is 11.1. The smallest absolute Gasteiger partial charge is 0.0579 e. The molecule has 12 atom stereocenters. The SMILES string of the molecule is C[C@H]1CC[C@H]([C@@H](C)[C@H]2[C@@H](O)C[C@H]3[C@@H]4CC[C@H]5C[C@@H](O)CC[C@]5(C)[C@H]4CC[C@]23C)NC1. The Morgan fingerprint density at radius 2 is 1.63 bits per heavy atom. The summed E-state index contributed by atoms with van der Waals surface area (Å²) in [5, 5.41) is 25.5. The summed E-state index contributed by atoms with van der Waals surface area (Å²) >= 11 is 0. The summed E-state index contributed by atoms with van der Waals surface area (Å²) in [4.78, 5) is 0. The zero-order valence-electron chi connectivity index (χ0n) is 19.9. The lowest BCUT2D eigenvalue weighted by atomic mass is 9.44. The molecule has 0 amide bonds. The second-order valence-electron chi connectivity index (χ2n) is 13.0. The average Bonchev–Trinajstić information content (AvgIpc) is 2.98. The van der Waals surface area contributed by atoms with Crippen LogP contribution in [0.25, 0.3) is 0 Å². The minimum absolute atomic E-state index is 0.0577. The van der Waals surface area contributed by atoms with Gasteiger partial charge in [0, 0.05) is 6.04 Å². The Kier molecular flexibility index (Phi) is 5.60. The first-order chi connectivity index (χ1) is 14.2. The Morgan fingerprint density at radius 3 is 2.37 bits per heavy atom. The van der Waals surface area contributed by atoms with Gasteiger partial charge >= 0.3 is 0 Å². The number of hydrogen-bond donors (Lipinski definition) is 3. The summed E-state index contributed by atoms with van der Waals surface area (Å²) < 4.78 is 0. The second-order valence-corrected chi connectivity index (χ2v) is 13.0. The third kappa shape index (κ3) is 3.24. The molecule has 5 aliphatic rings. The van der Waals surface area contributed by atoms with Crippen molar-refractivity contribution in [1.82, 2.24) is 5.32 Å². The van der Waals surface area contributed by atoms with Gasteiger partial charge in [-0.05, 0) is 123 Å². The lowest BCUT2D eigenvalue weighted by Gasteiger charge is -2.61. The van der Waals surface area contributed by atoms with E-state index in [2.05, 4.69) is 33.0 Å². The van der Waals surface area contributed by atoms with Crippen LogP contribution in [0.4, 0.5) is 0 Å². The Hall–Kier alpha value is -0.120. The molecule has 0 aromatic rings. The Balaban J connectivity index is 1.37. The Bertz CT molecular complexity index is 630. The molecule has 4 saturated carbocycles. The molecule has 30 heavy (non-hydrogen) atoms. The molecule has 0 radical (unpaired) electrons. The van der Waals surface area contributed by atoms with Crippen molar-refractivity contribution < 1.29 is 10.2 Å². The molecule has 0 unspecified atom stereocenters. The van der Waals surface area contributed by atoms with Crippen molar-refractivity contribution in [1.29, 1.82) is 0 Å². The number of aliphatic hydroxyl groups is 2. The number of fused-ring (bicyclic) bond motifs is 5. The van der Waals surface area contributed by atoms with Crippen LogP contribution in [-0.2, 0) is 0 Å². The fourth-order valence-electron chi connectivity index (χ4n) is 9.96. The van der Waals surface area contributed by atoms with Crippen molar-refractivity contribution in [2.75, 3.05) is 6.54 Å². The van der Waals surface area contributed by atoms with Crippen LogP contribution in [0.15, 0.2) is 0 Å². The van der Waals surface area contributed by atoms with Gasteiger partial charge in [0.2, 0.25) is 0 Å². The van der Waals surface area contributed by atoms with Crippen molar-refractivity contribution in [3.8, 4) is 0 Å². The van der Waals surface area contributed by atoms with E-state index < -0.39 is 0 Å². The maximum absolute atomic E-state index is 11.4. The predicted molar refractivity (Wildman–Crippen MR) is 122 cm³/mol. The normalized spacial score (nSPS) is 57.2. The highest BCUT2D eigenvalue weighted by Gasteiger charge is 2.63. The van der Waals surface area contributed by atoms with E-state index in [0.29, 0.717) is 34.6 Å². The first-order valence-corrected chi connectivity index (χ1v) is 13.3. The lowest BCUT2D eigenvalue weighted by Crippen LogP contribution is -2.55. The molecule has 4 aliphatic carbocycles. The van der Waals surface area contributed by atoms with Gasteiger partial charge in [-0.15, -0.1) is 0 Å². The van der Waals surface area contributed by atoms with E-state index in [1.165, 1.54) is 44.9 Å². The van der Waals surface area contributed by atoms with E-state index in [1.807, 2.05) is 0 Å². The minimum Gasteiger partial charge on any atom is -0.393 e. The van der Waals surface area contributed by atoms with Crippen LogP contribution >= 0.6 is 0 Å². The molecule has 0 aromatic carbocycles. The summed E-state index contributed by atoms with van der Waals surface area (Å²) in [6, 6.07) is 0.585. The summed E-state index contributed by atoms with van der Waals surface area (Å²) in [5.74, 6) is 4.85. The van der Waals surface area contributed by atoms with Gasteiger partial charge in [0.25, 0.3) is 0 Å². The summed E-state index contributed by atoms with van der Waals surface area (Å²) in [7, 11) is 0. The molecule has 0 aromatic heterocycles. The van der Waals surface area contributed by atoms with Gasteiger partial charge < -0.3 is 15.5 Å². The zero-order chi connectivity index (χ0) is 21.3. The van der Waals surface area contributed by atoms with Gasteiger partial charge in [-0.25, -0.2) is 0 Å². The summed E-state index contributed by atoms with van der Waals surface area (Å²) in [6.07, 6.45) is 12.0. The van der Waals surface area contributed by atoms with Crippen LogP contribution in [0.1, 0.15) is 91.9 Å². The van der Waals surface area contributed by atoms with Crippen LogP contribution in [0, 0.1) is 52.3 Å². The van der Waals surface area contributed by atoms with Crippen molar-refractivity contribution in [2.24, 2.45) is 52.3 Å². The molecular weight excluding hydrogens is 370 g/mol. The standard InChI is InChI=1S/C27H47NO2/c1-16-5-8-23(28-15-16)17(2)25-24(30)14-22-20-7-6-18-13-19(29)9-11-26(18,3)21(20)10-12-27(22,25)4/h16-25,28-30H,5-15H2,1-4H3/t16-,17+,18-,19-,20+,21-,22-,23+,24-,25-,26-,27-/m0/s1. The largest absolute Gasteiger partial charge is 0.393 e. The van der Waals surface area contributed by atoms with E-state index in [1.54, 1.807) is 0 Å². The molecule has 0 bridgehead atoms. The molecule has 3 heteroatoms. The number of hydrogen-bond acceptors (Lipinski definition) is 3. The fraction of sp³-hybridized carbons (Fsp3) is 1.00. The third-order valence-electron chi connectivity index (χ3n) is 11.6. The molecule has 0 spiro atoms.